The highest BCUT2D eigenvalue weighted by Gasteiger charge is 2.16. The van der Waals surface area contributed by atoms with Crippen molar-refractivity contribution >= 4 is 11.6 Å². The summed E-state index contributed by atoms with van der Waals surface area (Å²) in [4.78, 5) is 0. The predicted molar refractivity (Wildman–Crippen MR) is 68.4 cm³/mol. The van der Waals surface area contributed by atoms with Crippen molar-refractivity contribution in [3.05, 3.63) is 70.0 Å². The summed E-state index contributed by atoms with van der Waals surface area (Å²) in [6.45, 7) is 0. The van der Waals surface area contributed by atoms with Gasteiger partial charge in [-0.25, -0.2) is 13.2 Å². The molecule has 1 unspecified atom stereocenters. The summed E-state index contributed by atoms with van der Waals surface area (Å²) in [6, 6.07) is 6.96. The number of nitrogens with two attached hydrogens (primary N) is 1. The Hall–Kier alpha value is -1.52. The molecule has 2 rings (SSSR count). The third kappa shape index (κ3) is 3.08. The van der Waals surface area contributed by atoms with E-state index < -0.39 is 23.5 Å². The molecule has 1 atom stereocenters. The van der Waals surface area contributed by atoms with Crippen molar-refractivity contribution in [1.82, 2.24) is 0 Å². The first-order valence-electron chi connectivity index (χ1n) is 5.62. The van der Waals surface area contributed by atoms with Gasteiger partial charge in [0.25, 0.3) is 0 Å². The molecule has 19 heavy (non-hydrogen) atoms. The van der Waals surface area contributed by atoms with E-state index in [0.29, 0.717) is 5.56 Å². The van der Waals surface area contributed by atoms with Crippen LogP contribution in [0.3, 0.4) is 0 Å². The van der Waals surface area contributed by atoms with E-state index in [2.05, 4.69) is 0 Å². The Balaban J connectivity index is 2.25. The van der Waals surface area contributed by atoms with Crippen LogP contribution in [0.25, 0.3) is 0 Å². The zero-order chi connectivity index (χ0) is 14.0. The molecule has 0 heterocycles. The van der Waals surface area contributed by atoms with E-state index in [1.807, 2.05) is 0 Å². The number of benzene rings is 2. The van der Waals surface area contributed by atoms with Gasteiger partial charge < -0.3 is 5.73 Å². The molecular formula is C14H11ClF3N. The lowest BCUT2D eigenvalue weighted by atomic mass is 9.99. The minimum atomic E-state index is -0.965. The summed E-state index contributed by atoms with van der Waals surface area (Å²) in [5, 5.41) is 0.215. The predicted octanol–water partition coefficient (Wildman–Crippen LogP) is 4.00. The maximum atomic E-state index is 13.6. The monoisotopic (exact) mass is 285 g/mol. The molecule has 5 heteroatoms. The largest absolute Gasteiger partial charge is 0.324 e. The SMILES string of the molecule is NC(Cc1ccc(F)cc1Cl)c1cccc(F)c1F. The van der Waals surface area contributed by atoms with Gasteiger partial charge in [-0.05, 0) is 30.2 Å². The van der Waals surface area contributed by atoms with Crippen LogP contribution in [-0.2, 0) is 6.42 Å². The molecule has 0 saturated heterocycles. The Bertz CT molecular complexity index is 601. The number of hydrogen-bond acceptors (Lipinski definition) is 1. The van der Waals surface area contributed by atoms with Crippen LogP contribution in [0.1, 0.15) is 17.2 Å². The zero-order valence-corrected chi connectivity index (χ0v) is 10.6. The third-order valence-corrected chi connectivity index (χ3v) is 3.19. The van der Waals surface area contributed by atoms with E-state index in [-0.39, 0.29) is 17.0 Å². The van der Waals surface area contributed by atoms with Crippen molar-refractivity contribution < 1.29 is 13.2 Å². The Morgan fingerprint density at radius 2 is 1.84 bits per heavy atom. The molecule has 0 aliphatic rings. The lowest BCUT2D eigenvalue weighted by Gasteiger charge is -2.14. The first-order chi connectivity index (χ1) is 8.99. The second-order valence-corrected chi connectivity index (χ2v) is 4.60. The van der Waals surface area contributed by atoms with Crippen LogP contribution in [0.2, 0.25) is 5.02 Å². The van der Waals surface area contributed by atoms with E-state index in [1.54, 1.807) is 0 Å². The summed E-state index contributed by atoms with van der Waals surface area (Å²) in [5.74, 6) is -2.37. The van der Waals surface area contributed by atoms with Crippen molar-refractivity contribution in [2.45, 2.75) is 12.5 Å². The van der Waals surface area contributed by atoms with E-state index in [1.165, 1.54) is 24.3 Å². The summed E-state index contributed by atoms with van der Waals surface area (Å²) >= 11 is 5.87. The van der Waals surface area contributed by atoms with Gasteiger partial charge in [0.1, 0.15) is 5.82 Å². The lowest BCUT2D eigenvalue weighted by molar-refractivity contribution is 0.488. The van der Waals surface area contributed by atoms with E-state index >= 15 is 0 Å². The van der Waals surface area contributed by atoms with Crippen LogP contribution < -0.4 is 5.73 Å². The van der Waals surface area contributed by atoms with Gasteiger partial charge in [0.05, 0.1) is 0 Å². The topological polar surface area (TPSA) is 26.0 Å². The van der Waals surface area contributed by atoms with Crippen molar-refractivity contribution in [2.24, 2.45) is 5.73 Å². The summed E-state index contributed by atoms with van der Waals surface area (Å²) < 4.78 is 39.6. The maximum Gasteiger partial charge on any atom is 0.163 e. The van der Waals surface area contributed by atoms with Crippen LogP contribution in [0.5, 0.6) is 0 Å². The van der Waals surface area contributed by atoms with Gasteiger partial charge >= 0.3 is 0 Å². The summed E-state index contributed by atoms with van der Waals surface area (Å²) in [5.41, 5.74) is 6.50. The molecular weight excluding hydrogens is 275 g/mol. The average Bonchev–Trinajstić information content (AvgIpc) is 2.36. The van der Waals surface area contributed by atoms with E-state index in [9.17, 15) is 13.2 Å². The normalized spacial score (nSPS) is 12.5. The second-order valence-electron chi connectivity index (χ2n) is 4.19. The fourth-order valence-corrected chi connectivity index (χ4v) is 2.09. The quantitative estimate of drug-likeness (QED) is 0.906. The Morgan fingerprint density at radius 3 is 2.53 bits per heavy atom. The molecule has 0 fully saturated rings. The molecule has 2 aromatic rings. The number of rotatable bonds is 3. The molecule has 0 amide bonds. The number of halogens is 4. The van der Waals surface area contributed by atoms with Gasteiger partial charge in [0.15, 0.2) is 11.6 Å². The Kier molecular flexibility index (Phi) is 4.12. The van der Waals surface area contributed by atoms with Gasteiger partial charge in [-0.2, -0.15) is 0 Å². The minimum absolute atomic E-state index is 0.0698. The maximum absolute atomic E-state index is 13.6. The van der Waals surface area contributed by atoms with E-state index in [4.69, 9.17) is 17.3 Å². The fourth-order valence-electron chi connectivity index (χ4n) is 1.84. The van der Waals surface area contributed by atoms with Crippen LogP contribution in [0.15, 0.2) is 36.4 Å². The molecule has 0 aliphatic heterocycles. The van der Waals surface area contributed by atoms with Gasteiger partial charge in [-0.3, -0.25) is 0 Å². The van der Waals surface area contributed by atoms with Crippen molar-refractivity contribution in [1.29, 1.82) is 0 Å². The summed E-state index contributed by atoms with van der Waals surface area (Å²) in [6.07, 6.45) is 0.194. The molecule has 0 saturated carbocycles. The molecule has 2 N–H and O–H groups in total. The van der Waals surface area contributed by atoms with Crippen LogP contribution in [0.4, 0.5) is 13.2 Å². The van der Waals surface area contributed by atoms with Gasteiger partial charge in [-0.1, -0.05) is 29.8 Å². The molecule has 0 aromatic heterocycles. The highest BCUT2D eigenvalue weighted by atomic mass is 35.5. The molecule has 0 radical (unpaired) electrons. The third-order valence-electron chi connectivity index (χ3n) is 2.84. The van der Waals surface area contributed by atoms with Crippen molar-refractivity contribution in [3.63, 3.8) is 0 Å². The second kappa shape index (κ2) is 5.63. The summed E-state index contributed by atoms with van der Waals surface area (Å²) in [7, 11) is 0. The minimum Gasteiger partial charge on any atom is -0.324 e. The lowest BCUT2D eigenvalue weighted by Crippen LogP contribution is -2.16. The van der Waals surface area contributed by atoms with Crippen molar-refractivity contribution in [2.75, 3.05) is 0 Å². The van der Waals surface area contributed by atoms with Crippen LogP contribution in [0, 0.1) is 17.5 Å². The first-order valence-corrected chi connectivity index (χ1v) is 6.00. The fraction of sp³-hybridized carbons (Fsp3) is 0.143. The highest BCUT2D eigenvalue weighted by molar-refractivity contribution is 6.31. The highest BCUT2D eigenvalue weighted by Crippen LogP contribution is 2.25. The Labute approximate surface area is 113 Å². The van der Waals surface area contributed by atoms with Gasteiger partial charge in [0, 0.05) is 16.6 Å². The van der Waals surface area contributed by atoms with Gasteiger partial charge in [-0.15, -0.1) is 0 Å². The van der Waals surface area contributed by atoms with Crippen LogP contribution in [-0.4, -0.2) is 0 Å². The van der Waals surface area contributed by atoms with Crippen LogP contribution >= 0.6 is 11.6 Å². The van der Waals surface area contributed by atoms with Crippen molar-refractivity contribution in [3.8, 4) is 0 Å². The Morgan fingerprint density at radius 1 is 1.11 bits per heavy atom. The average molecular weight is 286 g/mol. The first kappa shape index (κ1) is 13.9. The molecule has 0 spiro atoms. The standard InChI is InChI=1S/C14H11ClF3N/c15-11-7-9(16)5-4-8(11)6-13(19)10-2-1-3-12(17)14(10)18/h1-5,7,13H,6,19H2. The molecule has 0 bridgehead atoms. The van der Waals surface area contributed by atoms with E-state index in [0.717, 1.165) is 12.1 Å². The molecule has 2 aromatic carbocycles. The van der Waals surface area contributed by atoms with Gasteiger partial charge in [0.2, 0.25) is 0 Å². The number of hydrogen-bond donors (Lipinski definition) is 1. The molecule has 1 nitrogen and oxygen atoms in total. The molecule has 100 valence electrons. The smallest absolute Gasteiger partial charge is 0.163 e. The zero-order valence-electron chi connectivity index (χ0n) is 9.84. The molecule has 0 aliphatic carbocycles.